The van der Waals surface area contributed by atoms with Gasteiger partial charge in [-0.15, -0.1) is 0 Å². The maximum atomic E-state index is 11.9. The Morgan fingerprint density at radius 2 is 1.88 bits per heavy atom. The summed E-state index contributed by atoms with van der Waals surface area (Å²) in [6, 6.07) is 0. The molecule has 100 valence electrons. The van der Waals surface area contributed by atoms with Crippen LogP contribution in [0.1, 0.15) is 40.5 Å². The summed E-state index contributed by atoms with van der Waals surface area (Å²) in [5.74, 6) is 0. The summed E-state index contributed by atoms with van der Waals surface area (Å²) in [6.45, 7) is 10.8. The van der Waals surface area contributed by atoms with Gasteiger partial charge >= 0.3 is 6.09 Å². The van der Waals surface area contributed by atoms with E-state index in [1.807, 2.05) is 27.8 Å². The normalized spacial score (nSPS) is 19.8. The first-order valence-corrected chi connectivity index (χ1v) is 6.37. The molecule has 0 aromatic carbocycles. The Balaban J connectivity index is 2.47. The summed E-state index contributed by atoms with van der Waals surface area (Å²) in [7, 11) is 1.82. The minimum absolute atomic E-state index is 0.219. The van der Waals surface area contributed by atoms with E-state index < -0.39 is 5.60 Å². The van der Waals surface area contributed by atoms with Gasteiger partial charge in [-0.3, -0.25) is 0 Å². The van der Waals surface area contributed by atoms with Crippen LogP contribution < -0.4 is 5.32 Å². The number of rotatable bonds is 2. The number of amides is 1. The van der Waals surface area contributed by atoms with E-state index in [0.717, 1.165) is 32.5 Å². The van der Waals surface area contributed by atoms with Gasteiger partial charge in [-0.05, 0) is 52.1 Å². The minimum atomic E-state index is -0.416. The lowest BCUT2D eigenvalue weighted by atomic mass is 9.81. The lowest BCUT2D eigenvalue weighted by Crippen LogP contribution is -2.45. The molecule has 0 atom stereocenters. The van der Waals surface area contributed by atoms with Crippen molar-refractivity contribution in [2.24, 2.45) is 5.41 Å². The van der Waals surface area contributed by atoms with E-state index in [2.05, 4.69) is 12.2 Å². The number of carbonyl (C=O) groups is 1. The molecule has 1 aliphatic heterocycles. The topological polar surface area (TPSA) is 41.6 Å². The third-order valence-electron chi connectivity index (χ3n) is 3.13. The Kier molecular flexibility index (Phi) is 4.42. The molecule has 1 aliphatic rings. The number of piperidine rings is 1. The van der Waals surface area contributed by atoms with E-state index in [1.165, 1.54) is 0 Å². The molecule has 0 unspecified atom stereocenters. The number of carbonyl (C=O) groups excluding carboxylic acids is 1. The first-order chi connectivity index (χ1) is 7.72. The van der Waals surface area contributed by atoms with Crippen LogP contribution in [-0.4, -0.2) is 43.3 Å². The molecule has 1 N–H and O–H groups in total. The molecule has 1 fully saturated rings. The van der Waals surface area contributed by atoms with Crippen LogP contribution in [0.5, 0.6) is 0 Å². The van der Waals surface area contributed by atoms with Crippen molar-refractivity contribution < 1.29 is 9.53 Å². The molecular formula is C13H26N2O2. The maximum absolute atomic E-state index is 11.9. The first-order valence-electron chi connectivity index (χ1n) is 6.37. The fraction of sp³-hybridized carbons (Fsp3) is 0.923. The van der Waals surface area contributed by atoms with Crippen molar-refractivity contribution in [2.45, 2.75) is 46.1 Å². The Labute approximate surface area is 105 Å². The van der Waals surface area contributed by atoms with E-state index in [-0.39, 0.29) is 11.5 Å². The minimum Gasteiger partial charge on any atom is -0.444 e. The van der Waals surface area contributed by atoms with Crippen LogP contribution in [0.4, 0.5) is 4.79 Å². The highest BCUT2D eigenvalue weighted by atomic mass is 16.6. The molecule has 4 heteroatoms. The molecule has 4 nitrogen and oxygen atoms in total. The molecule has 0 aromatic heterocycles. The van der Waals surface area contributed by atoms with Crippen LogP contribution in [0.3, 0.4) is 0 Å². The van der Waals surface area contributed by atoms with Gasteiger partial charge in [-0.25, -0.2) is 4.79 Å². The second kappa shape index (κ2) is 5.25. The zero-order chi connectivity index (χ0) is 13.1. The van der Waals surface area contributed by atoms with Gasteiger partial charge in [-0.1, -0.05) is 6.92 Å². The quantitative estimate of drug-likeness (QED) is 0.807. The Morgan fingerprint density at radius 3 is 2.35 bits per heavy atom. The van der Waals surface area contributed by atoms with Gasteiger partial charge in [0.2, 0.25) is 0 Å². The highest BCUT2D eigenvalue weighted by Gasteiger charge is 2.30. The number of hydrogen-bond acceptors (Lipinski definition) is 3. The summed E-state index contributed by atoms with van der Waals surface area (Å²) in [5, 5.41) is 3.35. The molecule has 0 spiro atoms. The summed E-state index contributed by atoms with van der Waals surface area (Å²) >= 11 is 0. The predicted molar refractivity (Wildman–Crippen MR) is 69.1 cm³/mol. The van der Waals surface area contributed by atoms with Gasteiger partial charge in [-0.2, -0.15) is 0 Å². The first kappa shape index (κ1) is 14.3. The van der Waals surface area contributed by atoms with Gasteiger partial charge in [0.25, 0.3) is 0 Å². The molecule has 1 amide bonds. The molecule has 1 rings (SSSR count). The van der Waals surface area contributed by atoms with Crippen LogP contribution in [0.25, 0.3) is 0 Å². The Morgan fingerprint density at radius 1 is 1.35 bits per heavy atom. The van der Waals surface area contributed by atoms with E-state index in [4.69, 9.17) is 4.74 Å². The van der Waals surface area contributed by atoms with E-state index in [9.17, 15) is 4.79 Å². The van der Waals surface area contributed by atoms with Crippen LogP contribution in [-0.2, 0) is 4.74 Å². The van der Waals surface area contributed by atoms with Crippen molar-refractivity contribution in [3.8, 4) is 0 Å². The number of nitrogens with one attached hydrogen (secondary N) is 1. The van der Waals surface area contributed by atoms with Crippen LogP contribution in [0.15, 0.2) is 0 Å². The molecule has 17 heavy (non-hydrogen) atoms. The molecule has 0 radical (unpaired) electrons. The highest BCUT2D eigenvalue weighted by molar-refractivity contribution is 5.67. The summed E-state index contributed by atoms with van der Waals surface area (Å²) in [4.78, 5) is 13.6. The van der Waals surface area contributed by atoms with Gasteiger partial charge in [0.15, 0.2) is 0 Å². The average Bonchev–Trinajstić information content (AvgIpc) is 2.15. The zero-order valence-corrected chi connectivity index (χ0v) is 11.8. The lowest BCUT2D eigenvalue weighted by molar-refractivity contribution is 0.0202. The van der Waals surface area contributed by atoms with Crippen molar-refractivity contribution in [3.63, 3.8) is 0 Å². The third kappa shape index (κ3) is 4.94. The molecule has 0 aromatic rings. The van der Waals surface area contributed by atoms with Crippen LogP contribution in [0.2, 0.25) is 0 Å². The summed E-state index contributed by atoms with van der Waals surface area (Å²) in [6.07, 6.45) is 2.00. The van der Waals surface area contributed by atoms with Gasteiger partial charge in [0.1, 0.15) is 5.60 Å². The molecule has 1 heterocycles. The van der Waals surface area contributed by atoms with Crippen molar-refractivity contribution in [3.05, 3.63) is 0 Å². The molecule has 0 saturated carbocycles. The van der Waals surface area contributed by atoms with Crippen molar-refractivity contribution in [2.75, 3.05) is 26.7 Å². The standard InChI is InChI=1S/C13H26N2O2/c1-12(2,3)17-11(16)15(5)10-13(4)6-8-14-9-7-13/h14H,6-10H2,1-5H3. The Hall–Kier alpha value is -0.770. The van der Waals surface area contributed by atoms with Crippen molar-refractivity contribution >= 4 is 6.09 Å². The predicted octanol–water partition coefficient (Wildman–Crippen LogP) is 2.24. The van der Waals surface area contributed by atoms with Crippen LogP contribution in [0, 0.1) is 5.41 Å². The van der Waals surface area contributed by atoms with Gasteiger partial charge in [0.05, 0.1) is 0 Å². The average molecular weight is 242 g/mol. The molecule has 0 bridgehead atoms. The zero-order valence-electron chi connectivity index (χ0n) is 11.8. The number of hydrogen-bond donors (Lipinski definition) is 1. The summed E-state index contributed by atoms with van der Waals surface area (Å²) in [5.41, 5.74) is -0.197. The van der Waals surface area contributed by atoms with Crippen molar-refractivity contribution in [1.29, 1.82) is 0 Å². The molecule has 1 saturated heterocycles. The van der Waals surface area contributed by atoms with Crippen LogP contribution >= 0.6 is 0 Å². The fourth-order valence-corrected chi connectivity index (χ4v) is 2.17. The molecular weight excluding hydrogens is 216 g/mol. The maximum Gasteiger partial charge on any atom is 0.410 e. The smallest absolute Gasteiger partial charge is 0.410 e. The third-order valence-corrected chi connectivity index (χ3v) is 3.13. The monoisotopic (exact) mass is 242 g/mol. The van der Waals surface area contributed by atoms with Crippen molar-refractivity contribution in [1.82, 2.24) is 10.2 Å². The Bertz CT molecular complexity index is 265. The highest BCUT2D eigenvalue weighted by Crippen LogP contribution is 2.28. The van der Waals surface area contributed by atoms with Gasteiger partial charge in [0, 0.05) is 13.6 Å². The second-order valence-corrected chi connectivity index (χ2v) is 6.40. The number of nitrogens with zero attached hydrogens (tertiary/aromatic N) is 1. The SMILES string of the molecule is CN(CC1(C)CCNCC1)C(=O)OC(C)(C)C. The second-order valence-electron chi connectivity index (χ2n) is 6.40. The van der Waals surface area contributed by atoms with Gasteiger partial charge < -0.3 is 15.0 Å². The fourth-order valence-electron chi connectivity index (χ4n) is 2.17. The summed E-state index contributed by atoms with van der Waals surface area (Å²) < 4.78 is 5.36. The number of ether oxygens (including phenoxy) is 1. The largest absolute Gasteiger partial charge is 0.444 e. The molecule has 0 aliphatic carbocycles. The van der Waals surface area contributed by atoms with E-state index in [1.54, 1.807) is 4.90 Å². The van der Waals surface area contributed by atoms with E-state index >= 15 is 0 Å². The van der Waals surface area contributed by atoms with E-state index in [0.29, 0.717) is 0 Å². The lowest BCUT2D eigenvalue weighted by Gasteiger charge is -2.37.